The summed E-state index contributed by atoms with van der Waals surface area (Å²) in [5, 5.41) is 5.12. The van der Waals surface area contributed by atoms with Crippen LogP contribution in [0.5, 0.6) is 5.75 Å². The molecule has 0 unspecified atom stereocenters. The Kier molecular flexibility index (Phi) is 6.34. The van der Waals surface area contributed by atoms with Crippen LogP contribution in [0.1, 0.15) is 41.5 Å². The monoisotopic (exact) mass is 336 g/mol. The second-order valence-corrected chi connectivity index (χ2v) is 6.56. The van der Waals surface area contributed by atoms with E-state index in [9.17, 15) is 14.4 Å². The second-order valence-electron chi connectivity index (χ2n) is 6.56. The molecular weight excluding hydrogens is 312 g/mol. The average Bonchev–Trinajstić information content (AvgIpc) is 2.39. The van der Waals surface area contributed by atoms with E-state index in [1.54, 1.807) is 46.8 Å². The van der Waals surface area contributed by atoms with Gasteiger partial charge in [-0.25, -0.2) is 4.79 Å². The third-order valence-corrected chi connectivity index (χ3v) is 2.64. The number of carbonyl (C=O) groups excluding carboxylic acids is 3. The van der Waals surface area contributed by atoms with Crippen molar-refractivity contribution in [3.63, 3.8) is 0 Å². The van der Waals surface area contributed by atoms with Gasteiger partial charge in [-0.3, -0.25) is 14.9 Å². The third-order valence-electron chi connectivity index (χ3n) is 2.64. The molecule has 0 aliphatic carbocycles. The molecule has 1 aromatic carbocycles. The first-order valence-corrected chi connectivity index (χ1v) is 7.62. The summed E-state index contributed by atoms with van der Waals surface area (Å²) in [4.78, 5) is 35.3. The second kappa shape index (κ2) is 7.81. The Morgan fingerprint density at radius 1 is 1.08 bits per heavy atom. The molecule has 1 rings (SSSR count). The van der Waals surface area contributed by atoms with Gasteiger partial charge in [0, 0.05) is 6.92 Å². The number of hydrogen-bond donors (Lipinski definition) is 2. The minimum absolute atomic E-state index is 0.130. The number of carbonyl (C=O) groups is 3. The first kappa shape index (κ1) is 19.5. The Labute approximate surface area is 141 Å². The molecule has 132 valence electrons. The molecule has 0 aliphatic heterocycles. The smallest absolute Gasteiger partial charge is 0.412 e. The molecule has 7 heteroatoms. The van der Waals surface area contributed by atoms with Gasteiger partial charge in [0.2, 0.25) is 5.91 Å². The molecule has 0 aliphatic rings. The molecule has 0 spiro atoms. The van der Waals surface area contributed by atoms with E-state index in [0.29, 0.717) is 5.69 Å². The zero-order valence-corrected chi connectivity index (χ0v) is 14.9. The topological polar surface area (TPSA) is 93.7 Å². The Morgan fingerprint density at radius 2 is 1.71 bits per heavy atom. The maximum Gasteiger partial charge on any atom is 0.412 e. The minimum atomic E-state index is -0.720. The van der Waals surface area contributed by atoms with Gasteiger partial charge in [0.25, 0.3) is 0 Å². The number of para-hydroxylation sites is 1. The van der Waals surface area contributed by atoms with E-state index in [4.69, 9.17) is 9.47 Å². The summed E-state index contributed by atoms with van der Waals surface area (Å²) in [5.74, 6) is -0.994. The van der Waals surface area contributed by atoms with Crippen LogP contribution in [0.2, 0.25) is 0 Å². The molecule has 1 aromatic rings. The summed E-state index contributed by atoms with van der Waals surface area (Å²) < 4.78 is 10.5. The predicted molar refractivity (Wildman–Crippen MR) is 91.1 cm³/mol. The van der Waals surface area contributed by atoms with Crippen molar-refractivity contribution in [3.8, 4) is 5.75 Å². The van der Waals surface area contributed by atoms with Crippen LogP contribution in [-0.4, -0.2) is 23.6 Å². The molecule has 0 atom stereocenters. The summed E-state index contributed by atoms with van der Waals surface area (Å²) >= 11 is 0. The highest BCUT2D eigenvalue weighted by molar-refractivity contribution is 5.99. The molecule has 0 aromatic heterocycles. The van der Waals surface area contributed by atoms with Gasteiger partial charge in [-0.15, -0.1) is 0 Å². The summed E-state index contributed by atoms with van der Waals surface area (Å²) in [5.41, 5.74) is -0.222. The van der Waals surface area contributed by atoms with E-state index in [1.165, 1.54) is 13.0 Å². The highest BCUT2D eigenvalue weighted by Crippen LogP contribution is 2.33. The zero-order valence-electron chi connectivity index (χ0n) is 14.9. The van der Waals surface area contributed by atoms with Crippen LogP contribution in [0.25, 0.3) is 0 Å². The van der Waals surface area contributed by atoms with Crippen molar-refractivity contribution in [2.45, 2.75) is 47.1 Å². The minimum Gasteiger partial charge on any atom is -0.444 e. The molecule has 2 N–H and O–H groups in total. The Hall–Kier alpha value is -2.57. The van der Waals surface area contributed by atoms with Crippen LogP contribution in [-0.2, 0) is 14.3 Å². The van der Waals surface area contributed by atoms with Gasteiger partial charge in [0.05, 0.1) is 11.6 Å². The molecule has 2 amide bonds. The first-order valence-electron chi connectivity index (χ1n) is 7.62. The Morgan fingerprint density at radius 3 is 2.21 bits per heavy atom. The predicted octanol–water partition coefficient (Wildman–Crippen LogP) is 3.55. The lowest BCUT2D eigenvalue weighted by Crippen LogP contribution is -2.28. The van der Waals surface area contributed by atoms with Crippen molar-refractivity contribution in [1.29, 1.82) is 0 Å². The van der Waals surface area contributed by atoms with Crippen LogP contribution in [0.3, 0.4) is 0 Å². The summed E-state index contributed by atoms with van der Waals surface area (Å²) in [6.45, 7) is 9.91. The SMILES string of the molecule is CC(=O)Nc1cccc(OC(=O)C(C)C)c1NC(=O)OC(C)(C)C. The maximum atomic E-state index is 12.1. The summed E-state index contributed by atoms with van der Waals surface area (Å²) in [6.07, 6.45) is -0.720. The molecular formula is C17H24N2O5. The lowest BCUT2D eigenvalue weighted by atomic mass is 10.2. The maximum absolute atomic E-state index is 12.1. The fraction of sp³-hybridized carbons (Fsp3) is 0.471. The number of benzene rings is 1. The number of ether oxygens (including phenoxy) is 2. The van der Waals surface area contributed by atoms with Gasteiger partial charge in [0.15, 0.2) is 5.75 Å². The van der Waals surface area contributed by atoms with Crippen LogP contribution < -0.4 is 15.4 Å². The largest absolute Gasteiger partial charge is 0.444 e. The van der Waals surface area contributed by atoms with Crippen molar-refractivity contribution >= 4 is 29.3 Å². The van der Waals surface area contributed by atoms with E-state index < -0.39 is 17.7 Å². The van der Waals surface area contributed by atoms with Gasteiger partial charge in [-0.05, 0) is 32.9 Å². The van der Waals surface area contributed by atoms with Gasteiger partial charge in [-0.1, -0.05) is 19.9 Å². The zero-order chi connectivity index (χ0) is 18.5. The number of esters is 1. The van der Waals surface area contributed by atoms with Gasteiger partial charge in [-0.2, -0.15) is 0 Å². The molecule has 7 nitrogen and oxygen atoms in total. The highest BCUT2D eigenvalue weighted by atomic mass is 16.6. The van der Waals surface area contributed by atoms with Gasteiger partial charge < -0.3 is 14.8 Å². The Bertz CT molecular complexity index is 632. The number of hydrogen-bond acceptors (Lipinski definition) is 5. The van der Waals surface area contributed by atoms with E-state index in [2.05, 4.69) is 10.6 Å². The van der Waals surface area contributed by atoms with Gasteiger partial charge in [0.1, 0.15) is 11.3 Å². The van der Waals surface area contributed by atoms with E-state index >= 15 is 0 Å². The number of amides is 2. The summed E-state index contributed by atoms with van der Waals surface area (Å²) in [6, 6.07) is 4.72. The van der Waals surface area contributed by atoms with Gasteiger partial charge >= 0.3 is 12.1 Å². The number of rotatable bonds is 4. The molecule has 0 saturated heterocycles. The summed E-state index contributed by atoms with van der Waals surface area (Å²) in [7, 11) is 0. The standard InChI is InChI=1S/C17H24N2O5/c1-10(2)15(21)23-13-9-7-8-12(18-11(3)20)14(13)19-16(22)24-17(4,5)6/h7-10H,1-6H3,(H,18,20)(H,19,22). The lowest BCUT2D eigenvalue weighted by molar-refractivity contribution is -0.137. The van der Waals surface area contributed by atoms with Crippen molar-refractivity contribution < 1.29 is 23.9 Å². The molecule has 0 fully saturated rings. The number of nitrogens with one attached hydrogen (secondary N) is 2. The highest BCUT2D eigenvalue weighted by Gasteiger charge is 2.21. The lowest BCUT2D eigenvalue weighted by Gasteiger charge is -2.21. The fourth-order valence-corrected chi connectivity index (χ4v) is 1.67. The van der Waals surface area contributed by atoms with Crippen LogP contribution in [0, 0.1) is 5.92 Å². The Balaban J connectivity index is 3.17. The van der Waals surface area contributed by atoms with E-state index in [-0.39, 0.29) is 23.3 Å². The molecule has 0 saturated carbocycles. The van der Waals surface area contributed by atoms with Crippen molar-refractivity contribution in [1.82, 2.24) is 0 Å². The van der Waals surface area contributed by atoms with Crippen LogP contribution in [0.15, 0.2) is 18.2 Å². The van der Waals surface area contributed by atoms with Crippen molar-refractivity contribution in [3.05, 3.63) is 18.2 Å². The van der Waals surface area contributed by atoms with E-state index in [1.807, 2.05) is 0 Å². The molecule has 0 radical (unpaired) electrons. The van der Waals surface area contributed by atoms with Crippen LogP contribution in [0.4, 0.5) is 16.2 Å². The normalized spacial score (nSPS) is 11.0. The molecule has 0 heterocycles. The molecule has 24 heavy (non-hydrogen) atoms. The fourth-order valence-electron chi connectivity index (χ4n) is 1.67. The first-order chi connectivity index (χ1) is 11.0. The van der Waals surface area contributed by atoms with Crippen LogP contribution >= 0.6 is 0 Å². The van der Waals surface area contributed by atoms with Crippen molar-refractivity contribution in [2.75, 3.05) is 10.6 Å². The van der Waals surface area contributed by atoms with E-state index in [0.717, 1.165) is 0 Å². The quantitative estimate of drug-likeness (QED) is 0.648. The third kappa shape index (κ3) is 6.28. The number of anilines is 2. The molecule has 0 bridgehead atoms. The average molecular weight is 336 g/mol. The van der Waals surface area contributed by atoms with Crippen molar-refractivity contribution in [2.24, 2.45) is 5.92 Å².